The lowest BCUT2D eigenvalue weighted by Gasteiger charge is -2.06. The molecular weight excluding hydrogens is 194 g/mol. The zero-order valence-electron chi connectivity index (χ0n) is 8.45. The number of anilines is 1. The first kappa shape index (κ1) is 11.2. The number of para-hydroxylation sites is 1. The van der Waals surface area contributed by atoms with Crippen LogP contribution in [0.2, 0.25) is 0 Å². The molecule has 0 aromatic heterocycles. The molecule has 0 saturated heterocycles. The van der Waals surface area contributed by atoms with Crippen molar-refractivity contribution < 1.29 is 14.3 Å². The van der Waals surface area contributed by atoms with Crippen LogP contribution >= 0.6 is 0 Å². The van der Waals surface area contributed by atoms with Crippen molar-refractivity contribution in [1.82, 2.24) is 0 Å². The highest BCUT2D eigenvalue weighted by Crippen LogP contribution is 2.15. The van der Waals surface area contributed by atoms with Gasteiger partial charge in [0.05, 0.1) is 17.9 Å². The second kappa shape index (κ2) is 5.80. The molecular formula is C11H12NO3. The van der Waals surface area contributed by atoms with Gasteiger partial charge in [-0.15, -0.1) is 0 Å². The van der Waals surface area contributed by atoms with Gasteiger partial charge in [0.25, 0.3) is 0 Å². The molecule has 4 heteroatoms. The highest BCUT2D eigenvalue weighted by atomic mass is 16.5. The maximum Gasteiger partial charge on any atom is 0.340 e. The molecule has 0 aliphatic rings. The fourth-order valence-electron chi connectivity index (χ4n) is 1.10. The van der Waals surface area contributed by atoms with E-state index in [9.17, 15) is 9.59 Å². The molecule has 0 heterocycles. The third-order valence-corrected chi connectivity index (χ3v) is 1.77. The van der Waals surface area contributed by atoms with E-state index >= 15 is 0 Å². The molecule has 0 fully saturated rings. The Kier molecular flexibility index (Phi) is 4.34. The van der Waals surface area contributed by atoms with Gasteiger partial charge >= 0.3 is 12.4 Å². The Balaban J connectivity index is 2.82. The third-order valence-electron chi connectivity index (χ3n) is 1.77. The number of esters is 1. The van der Waals surface area contributed by atoms with Crippen LogP contribution in [0, 0.1) is 0 Å². The van der Waals surface area contributed by atoms with Crippen LogP contribution in [0.5, 0.6) is 0 Å². The smallest absolute Gasteiger partial charge is 0.340 e. The van der Waals surface area contributed by atoms with E-state index in [2.05, 4.69) is 5.32 Å². The number of hydrogen-bond acceptors (Lipinski definition) is 3. The van der Waals surface area contributed by atoms with Crippen LogP contribution in [0.25, 0.3) is 0 Å². The van der Waals surface area contributed by atoms with Gasteiger partial charge < -0.3 is 10.1 Å². The highest BCUT2D eigenvalue weighted by molar-refractivity contribution is 5.97. The molecule has 0 aliphatic heterocycles. The normalized spacial score (nSPS) is 9.40. The minimum Gasteiger partial charge on any atom is -0.462 e. The van der Waals surface area contributed by atoms with Crippen LogP contribution in [0.1, 0.15) is 23.7 Å². The van der Waals surface area contributed by atoms with Crippen LogP contribution in [0.4, 0.5) is 5.69 Å². The first-order valence-electron chi connectivity index (χ1n) is 4.69. The largest absolute Gasteiger partial charge is 0.462 e. The number of hydrogen-bond donors (Lipinski definition) is 1. The van der Waals surface area contributed by atoms with Crippen molar-refractivity contribution in [2.24, 2.45) is 0 Å². The molecule has 0 atom stereocenters. The number of benzene rings is 1. The molecule has 0 saturated carbocycles. The molecule has 1 rings (SSSR count). The lowest BCUT2D eigenvalue weighted by atomic mass is 10.2. The highest BCUT2D eigenvalue weighted by Gasteiger charge is 2.11. The molecule has 1 aromatic carbocycles. The monoisotopic (exact) mass is 206 g/mol. The molecule has 0 bridgehead atoms. The van der Waals surface area contributed by atoms with Crippen LogP contribution < -0.4 is 5.32 Å². The van der Waals surface area contributed by atoms with Crippen LogP contribution in [0.15, 0.2) is 24.3 Å². The molecule has 1 radical (unpaired) electrons. The Morgan fingerprint density at radius 1 is 1.47 bits per heavy atom. The molecule has 0 aliphatic carbocycles. The summed E-state index contributed by atoms with van der Waals surface area (Å²) in [5.74, 6) is -0.435. The minimum atomic E-state index is -0.435. The lowest BCUT2D eigenvalue weighted by molar-refractivity contribution is 0.0506. The summed E-state index contributed by atoms with van der Waals surface area (Å²) in [7, 11) is 0. The first-order valence-corrected chi connectivity index (χ1v) is 4.69. The topological polar surface area (TPSA) is 55.4 Å². The Hall–Kier alpha value is -1.84. The molecule has 0 unspecified atom stereocenters. The number of ether oxygens (including phenoxy) is 1. The van der Waals surface area contributed by atoms with Crippen LogP contribution in [0.3, 0.4) is 0 Å². The SMILES string of the molecule is CCCOC(=O)c1ccccc1N[C]=O. The predicted octanol–water partition coefficient (Wildman–Crippen LogP) is 1.73. The Labute approximate surface area is 88.2 Å². The lowest BCUT2D eigenvalue weighted by Crippen LogP contribution is -2.09. The molecule has 1 N–H and O–H groups in total. The second-order valence-corrected chi connectivity index (χ2v) is 2.91. The van der Waals surface area contributed by atoms with Gasteiger partial charge in [-0.2, -0.15) is 0 Å². The zero-order valence-corrected chi connectivity index (χ0v) is 8.45. The molecule has 0 spiro atoms. The second-order valence-electron chi connectivity index (χ2n) is 2.91. The van der Waals surface area contributed by atoms with Gasteiger partial charge in [0.2, 0.25) is 0 Å². The maximum atomic E-state index is 11.5. The van der Waals surface area contributed by atoms with Crippen molar-refractivity contribution in [1.29, 1.82) is 0 Å². The number of nitrogens with one attached hydrogen (secondary N) is 1. The van der Waals surface area contributed by atoms with Gasteiger partial charge in [-0.3, -0.25) is 4.79 Å². The predicted molar refractivity (Wildman–Crippen MR) is 56.3 cm³/mol. The summed E-state index contributed by atoms with van der Waals surface area (Å²) >= 11 is 0. The van der Waals surface area contributed by atoms with Crippen molar-refractivity contribution in [2.75, 3.05) is 11.9 Å². The summed E-state index contributed by atoms with van der Waals surface area (Å²) in [6.45, 7) is 2.29. The Morgan fingerprint density at radius 3 is 2.87 bits per heavy atom. The quantitative estimate of drug-likeness (QED) is 0.589. The number of amides is 1. The summed E-state index contributed by atoms with van der Waals surface area (Å²) in [5.41, 5.74) is 0.753. The fraction of sp³-hybridized carbons (Fsp3) is 0.273. The van der Waals surface area contributed by atoms with Gasteiger partial charge in [-0.05, 0) is 18.6 Å². The first-order chi connectivity index (χ1) is 7.29. The molecule has 1 amide bonds. The van der Waals surface area contributed by atoms with E-state index in [1.807, 2.05) is 6.92 Å². The van der Waals surface area contributed by atoms with Gasteiger partial charge in [0.1, 0.15) is 0 Å². The van der Waals surface area contributed by atoms with Crippen molar-refractivity contribution in [3.05, 3.63) is 29.8 Å². The summed E-state index contributed by atoms with van der Waals surface area (Å²) < 4.78 is 4.96. The van der Waals surface area contributed by atoms with E-state index in [0.29, 0.717) is 17.9 Å². The summed E-state index contributed by atoms with van der Waals surface area (Å²) in [5, 5.41) is 2.33. The van der Waals surface area contributed by atoms with E-state index < -0.39 is 5.97 Å². The van der Waals surface area contributed by atoms with Gasteiger partial charge in [0, 0.05) is 0 Å². The number of carbonyl (C=O) groups excluding carboxylic acids is 2. The van der Waals surface area contributed by atoms with Crippen molar-refractivity contribution in [3.63, 3.8) is 0 Å². The van der Waals surface area contributed by atoms with E-state index in [-0.39, 0.29) is 0 Å². The van der Waals surface area contributed by atoms with E-state index in [4.69, 9.17) is 4.74 Å². The Morgan fingerprint density at radius 2 is 2.20 bits per heavy atom. The molecule has 4 nitrogen and oxygen atoms in total. The van der Waals surface area contributed by atoms with E-state index in [0.717, 1.165) is 6.42 Å². The van der Waals surface area contributed by atoms with Gasteiger partial charge in [-0.25, -0.2) is 4.79 Å². The molecule has 79 valence electrons. The average Bonchev–Trinajstić information content (AvgIpc) is 2.27. The van der Waals surface area contributed by atoms with Gasteiger partial charge in [-0.1, -0.05) is 19.1 Å². The Bertz CT molecular complexity index is 349. The van der Waals surface area contributed by atoms with E-state index in [1.165, 1.54) is 6.41 Å². The maximum absolute atomic E-state index is 11.5. The van der Waals surface area contributed by atoms with Crippen molar-refractivity contribution >= 4 is 18.1 Å². The van der Waals surface area contributed by atoms with Crippen molar-refractivity contribution in [3.8, 4) is 0 Å². The van der Waals surface area contributed by atoms with Crippen molar-refractivity contribution in [2.45, 2.75) is 13.3 Å². The zero-order chi connectivity index (χ0) is 11.1. The number of rotatable bonds is 5. The molecule has 1 aromatic rings. The number of carbonyl (C=O) groups is 1. The standard InChI is InChI=1S/C11H12NO3/c1-2-7-15-11(14)9-5-3-4-6-10(9)12-8-13/h3-6H,2,7H2,1H3,(H,12,13). The van der Waals surface area contributed by atoms with E-state index in [1.54, 1.807) is 24.3 Å². The fourth-order valence-corrected chi connectivity index (χ4v) is 1.10. The minimum absolute atomic E-state index is 0.342. The van der Waals surface area contributed by atoms with Crippen LogP contribution in [-0.2, 0) is 9.53 Å². The summed E-state index contributed by atoms with van der Waals surface area (Å²) in [6.07, 6.45) is 2.29. The third kappa shape index (κ3) is 3.09. The van der Waals surface area contributed by atoms with Crippen LogP contribution in [-0.4, -0.2) is 19.0 Å². The average molecular weight is 206 g/mol. The summed E-state index contributed by atoms with van der Waals surface area (Å²) in [6, 6.07) is 6.64. The summed E-state index contributed by atoms with van der Waals surface area (Å²) in [4.78, 5) is 21.7. The van der Waals surface area contributed by atoms with Gasteiger partial charge in [0.15, 0.2) is 0 Å². The molecule has 15 heavy (non-hydrogen) atoms.